The summed E-state index contributed by atoms with van der Waals surface area (Å²) in [4.78, 5) is 0. The highest BCUT2D eigenvalue weighted by Gasteiger charge is 2.14. The second-order valence-corrected chi connectivity index (χ2v) is 6.41. The van der Waals surface area contributed by atoms with Gasteiger partial charge in [-0.15, -0.1) is 0 Å². The number of rotatable bonds is 5. The van der Waals surface area contributed by atoms with Crippen molar-refractivity contribution in [1.82, 2.24) is 4.72 Å². The SMILES string of the molecule is CCc1ccc(CNS(=O)(=O)C(C)C)cc1. The van der Waals surface area contributed by atoms with Crippen molar-refractivity contribution >= 4 is 10.0 Å². The zero-order valence-corrected chi connectivity index (χ0v) is 10.8. The lowest BCUT2D eigenvalue weighted by Gasteiger charge is -2.09. The highest BCUT2D eigenvalue weighted by molar-refractivity contribution is 7.90. The quantitative estimate of drug-likeness (QED) is 0.858. The van der Waals surface area contributed by atoms with Gasteiger partial charge >= 0.3 is 0 Å². The Labute approximate surface area is 97.9 Å². The van der Waals surface area contributed by atoms with Crippen molar-refractivity contribution in [2.24, 2.45) is 0 Å². The molecule has 1 aromatic rings. The molecule has 0 aromatic heterocycles. The average molecular weight is 241 g/mol. The van der Waals surface area contributed by atoms with Crippen molar-refractivity contribution in [3.8, 4) is 0 Å². The highest BCUT2D eigenvalue weighted by Crippen LogP contribution is 2.06. The molecule has 0 fully saturated rings. The van der Waals surface area contributed by atoms with Crippen molar-refractivity contribution in [1.29, 1.82) is 0 Å². The Morgan fingerprint density at radius 3 is 2.06 bits per heavy atom. The number of sulfonamides is 1. The molecule has 0 heterocycles. The molecule has 0 saturated carbocycles. The van der Waals surface area contributed by atoms with E-state index in [9.17, 15) is 8.42 Å². The summed E-state index contributed by atoms with van der Waals surface area (Å²) < 4.78 is 25.6. The normalized spacial score (nSPS) is 12.0. The van der Waals surface area contributed by atoms with Crippen LogP contribution in [0.25, 0.3) is 0 Å². The number of hydrogen-bond acceptors (Lipinski definition) is 2. The van der Waals surface area contributed by atoms with Crippen LogP contribution in [0.1, 0.15) is 31.9 Å². The summed E-state index contributed by atoms with van der Waals surface area (Å²) in [6, 6.07) is 7.97. The first-order valence-electron chi connectivity index (χ1n) is 5.52. The van der Waals surface area contributed by atoms with E-state index < -0.39 is 10.0 Å². The molecule has 0 aliphatic rings. The van der Waals surface area contributed by atoms with Crippen LogP contribution in [0.5, 0.6) is 0 Å². The van der Waals surface area contributed by atoms with E-state index in [-0.39, 0.29) is 5.25 Å². The van der Waals surface area contributed by atoms with Gasteiger partial charge in [0.2, 0.25) is 10.0 Å². The van der Waals surface area contributed by atoms with Gasteiger partial charge in [-0.1, -0.05) is 31.2 Å². The molecule has 90 valence electrons. The third-order valence-electron chi connectivity index (χ3n) is 2.53. The Morgan fingerprint density at radius 2 is 1.62 bits per heavy atom. The number of aryl methyl sites for hydroxylation is 1. The topological polar surface area (TPSA) is 46.2 Å². The molecule has 4 heteroatoms. The summed E-state index contributed by atoms with van der Waals surface area (Å²) >= 11 is 0. The molecule has 0 spiro atoms. The van der Waals surface area contributed by atoms with Crippen LogP contribution in [0.3, 0.4) is 0 Å². The molecule has 0 saturated heterocycles. The van der Waals surface area contributed by atoms with Gasteiger partial charge in [-0.2, -0.15) is 0 Å². The number of hydrogen-bond donors (Lipinski definition) is 1. The molecule has 0 radical (unpaired) electrons. The van der Waals surface area contributed by atoms with Gasteiger partial charge in [0.15, 0.2) is 0 Å². The first-order valence-corrected chi connectivity index (χ1v) is 7.06. The van der Waals surface area contributed by atoms with Crippen LogP contribution in [-0.2, 0) is 23.0 Å². The van der Waals surface area contributed by atoms with Crippen LogP contribution < -0.4 is 4.72 Å². The molecule has 1 N–H and O–H groups in total. The maximum atomic E-state index is 11.5. The Kier molecular flexibility index (Phi) is 4.50. The molecule has 1 aromatic carbocycles. The number of benzene rings is 1. The summed E-state index contributed by atoms with van der Waals surface area (Å²) in [6.45, 7) is 5.80. The first-order chi connectivity index (χ1) is 7.45. The Hall–Kier alpha value is -0.870. The lowest BCUT2D eigenvalue weighted by molar-refractivity contribution is 0.572. The van der Waals surface area contributed by atoms with E-state index in [1.807, 2.05) is 24.3 Å². The van der Waals surface area contributed by atoms with E-state index in [2.05, 4.69) is 11.6 Å². The minimum Gasteiger partial charge on any atom is -0.212 e. The van der Waals surface area contributed by atoms with Gasteiger partial charge in [0.05, 0.1) is 5.25 Å². The van der Waals surface area contributed by atoms with Crippen molar-refractivity contribution in [3.05, 3.63) is 35.4 Å². The van der Waals surface area contributed by atoms with Gasteiger partial charge in [0.25, 0.3) is 0 Å². The standard InChI is InChI=1S/C12H19NO2S/c1-4-11-5-7-12(8-6-11)9-13-16(14,15)10(2)3/h5-8,10,13H,4,9H2,1-3H3. The van der Waals surface area contributed by atoms with Crippen LogP contribution in [0.15, 0.2) is 24.3 Å². The van der Waals surface area contributed by atoms with Crippen LogP contribution >= 0.6 is 0 Å². The maximum absolute atomic E-state index is 11.5. The fraction of sp³-hybridized carbons (Fsp3) is 0.500. The second kappa shape index (κ2) is 5.46. The minimum absolute atomic E-state index is 0.366. The summed E-state index contributed by atoms with van der Waals surface area (Å²) in [5.41, 5.74) is 2.25. The van der Waals surface area contributed by atoms with Crippen molar-refractivity contribution in [2.45, 2.75) is 39.0 Å². The fourth-order valence-electron chi connectivity index (χ4n) is 1.24. The van der Waals surface area contributed by atoms with E-state index in [1.165, 1.54) is 5.56 Å². The van der Waals surface area contributed by atoms with Gasteiger partial charge in [-0.05, 0) is 31.4 Å². The minimum atomic E-state index is -3.16. The molecule has 0 amide bonds. The predicted octanol–water partition coefficient (Wildman–Crippen LogP) is 2.08. The summed E-state index contributed by atoms with van der Waals surface area (Å²) in [5.74, 6) is 0. The Bertz CT molecular complexity index is 421. The van der Waals surface area contributed by atoms with Gasteiger partial charge in [0, 0.05) is 6.54 Å². The second-order valence-electron chi connectivity index (χ2n) is 4.08. The van der Waals surface area contributed by atoms with Crippen molar-refractivity contribution in [3.63, 3.8) is 0 Å². The number of nitrogens with one attached hydrogen (secondary N) is 1. The van der Waals surface area contributed by atoms with E-state index in [0.717, 1.165) is 12.0 Å². The van der Waals surface area contributed by atoms with Crippen LogP contribution in [0.2, 0.25) is 0 Å². The lowest BCUT2D eigenvalue weighted by Crippen LogP contribution is -2.30. The van der Waals surface area contributed by atoms with Gasteiger partial charge in [-0.25, -0.2) is 13.1 Å². The molecule has 0 bridgehead atoms. The molecule has 3 nitrogen and oxygen atoms in total. The summed E-state index contributed by atoms with van der Waals surface area (Å²) in [6.07, 6.45) is 0.998. The smallest absolute Gasteiger partial charge is 0.212 e. The monoisotopic (exact) mass is 241 g/mol. The van der Waals surface area contributed by atoms with Crippen molar-refractivity contribution in [2.75, 3.05) is 0 Å². The van der Waals surface area contributed by atoms with Crippen molar-refractivity contribution < 1.29 is 8.42 Å². The van der Waals surface area contributed by atoms with Gasteiger partial charge in [0.1, 0.15) is 0 Å². The van der Waals surface area contributed by atoms with E-state index in [0.29, 0.717) is 6.54 Å². The third kappa shape index (κ3) is 3.61. The largest absolute Gasteiger partial charge is 0.214 e. The zero-order chi connectivity index (χ0) is 12.2. The van der Waals surface area contributed by atoms with Crippen LogP contribution in [-0.4, -0.2) is 13.7 Å². The molecule has 0 aliphatic carbocycles. The van der Waals surface area contributed by atoms with Crippen LogP contribution in [0.4, 0.5) is 0 Å². The molecule has 0 aliphatic heterocycles. The average Bonchev–Trinajstić information content (AvgIpc) is 2.27. The summed E-state index contributed by atoms with van der Waals surface area (Å²) in [7, 11) is -3.16. The maximum Gasteiger partial charge on any atom is 0.214 e. The molecule has 0 atom stereocenters. The molecular weight excluding hydrogens is 222 g/mol. The lowest BCUT2D eigenvalue weighted by atomic mass is 10.1. The van der Waals surface area contributed by atoms with E-state index in [1.54, 1.807) is 13.8 Å². The zero-order valence-electron chi connectivity index (χ0n) is 10.0. The Balaban J connectivity index is 2.62. The summed E-state index contributed by atoms with van der Waals surface area (Å²) in [5, 5.41) is -0.387. The Morgan fingerprint density at radius 1 is 1.12 bits per heavy atom. The highest BCUT2D eigenvalue weighted by atomic mass is 32.2. The van der Waals surface area contributed by atoms with Crippen LogP contribution in [0, 0.1) is 0 Å². The molecule has 16 heavy (non-hydrogen) atoms. The third-order valence-corrected chi connectivity index (χ3v) is 4.32. The van der Waals surface area contributed by atoms with E-state index >= 15 is 0 Å². The fourth-order valence-corrected chi connectivity index (χ4v) is 1.94. The van der Waals surface area contributed by atoms with Gasteiger partial charge in [-0.3, -0.25) is 0 Å². The molecular formula is C12H19NO2S. The first kappa shape index (κ1) is 13.2. The van der Waals surface area contributed by atoms with E-state index in [4.69, 9.17) is 0 Å². The molecule has 0 unspecified atom stereocenters. The predicted molar refractivity (Wildman–Crippen MR) is 66.7 cm³/mol. The molecule has 1 rings (SSSR count). The van der Waals surface area contributed by atoms with Gasteiger partial charge < -0.3 is 0 Å².